The second-order valence-electron chi connectivity index (χ2n) is 7.71. The van der Waals surface area contributed by atoms with Crippen LogP contribution in [0.2, 0.25) is 0 Å². The van der Waals surface area contributed by atoms with Gasteiger partial charge in [-0.1, -0.05) is 42.5 Å². The molecule has 0 bridgehead atoms. The van der Waals surface area contributed by atoms with Crippen LogP contribution in [0, 0.1) is 0 Å². The number of fused-ring (bicyclic) bond motifs is 2. The fraction of sp³-hybridized carbons (Fsp3) is 0.0370. The number of nitrogens with zero attached hydrogens (tertiary/aromatic N) is 4. The van der Waals surface area contributed by atoms with Crippen LogP contribution in [-0.2, 0) is 6.42 Å². The number of imidazole rings is 1. The van der Waals surface area contributed by atoms with Gasteiger partial charge in [0.05, 0.1) is 16.6 Å². The maximum atomic E-state index is 6.15. The summed E-state index contributed by atoms with van der Waals surface area (Å²) >= 11 is 0. The number of para-hydroxylation sites is 3. The molecule has 6 nitrogen and oxygen atoms in total. The first-order chi connectivity index (χ1) is 16.3. The van der Waals surface area contributed by atoms with E-state index in [9.17, 15) is 0 Å². The third-order valence-corrected chi connectivity index (χ3v) is 5.52. The minimum absolute atomic E-state index is 0.457. The van der Waals surface area contributed by atoms with Crippen molar-refractivity contribution in [2.24, 2.45) is 0 Å². The fourth-order valence-corrected chi connectivity index (χ4v) is 3.96. The van der Waals surface area contributed by atoms with Crippen molar-refractivity contribution in [3.8, 4) is 22.9 Å². The van der Waals surface area contributed by atoms with Gasteiger partial charge in [0.2, 0.25) is 5.88 Å². The SMILES string of the molecule is c1ccc2[nH]c(Cc3ccc(Oc4nccnc4-c4ccnc5ccccc45)cc3)nc2c1. The minimum atomic E-state index is 0.457. The Labute approximate surface area is 190 Å². The summed E-state index contributed by atoms with van der Waals surface area (Å²) in [4.78, 5) is 21.5. The van der Waals surface area contributed by atoms with Gasteiger partial charge in [0.15, 0.2) is 0 Å². The maximum absolute atomic E-state index is 6.15. The molecule has 3 aromatic carbocycles. The molecule has 6 heteroatoms. The van der Waals surface area contributed by atoms with Crippen LogP contribution < -0.4 is 4.74 Å². The largest absolute Gasteiger partial charge is 0.437 e. The zero-order chi connectivity index (χ0) is 22.0. The Balaban J connectivity index is 1.27. The number of hydrogen-bond donors (Lipinski definition) is 1. The second-order valence-corrected chi connectivity index (χ2v) is 7.71. The van der Waals surface area contributed by atoms with Crippen LogP contribution in [0.3, 0.4) is 0 Å². The topological polar surface area (TPSA) is 76.6 Å². The maximum Gasteiger partial charge on any atom is 0.246 e. The van der Waals surface area contributed by atoms with Gasteiger partial charge in [0, 0.05) is 36.0 Å². The zero-order valence-corrected chi connectivity index (χ0v) is 17.6. The van der Waals surface area contributed by atoms with Gasteiger partial charge in [-0.05, 0) is 42.0 Å². The molecule has 0 aliphatic carbocycles. The normalized spacial score (nSPS) is 11.2. The summed E-state index contributed by atoms with van der Waals surface area (Å²) < 4.78 is 6.15. The summed E-state index contributed by atoms with van der Waals surface area (Å²) in [5.41, 5.74) is 5.69. The van der Waals surface area contributed by atoms with E-state index in [1.54, 1.807) is 18.6 Å². The summed E-state index contributed by atoms with van der Waals surface area (Å²) in [6.07, 6.45) is 5.81. The molecular weight excluding hydrogens is 410 g/mol. The summed E-state index contributed by atoms with van der Waals surface area (Å²) in [5, 5.41) is 1.01. The quantitative estimate of drug-likeness (QED) is 0.366. The molecule has 0 saturated heterocycles. The average molecular weight is 429 g/mol. The van der Waals surface area contributed by atoms with E-state index in [2.05, 4.69) is 24.9 Å². The Morgan fingerprint density at radius 2 is 1.48 bits per heavy atom. The molecule has 0 aliphatic rings. The lowest BCUT2D eigenvalue weighted by Gasteiger charge is -2.11. The lowest BCUT2D eigenvalue weighted by atomic mass is 10.1. The summed E-state index contributed by atoms with van der Waals surface area (Å²) in [7, 11) is 0. The van der Waals surface area contributed by atoms with Gasteiger partial charge in [0.1, 0.15) is 17.3 Å². The van der Waals surface area contributed by atoms with E-state index in [1.807, 2.05) is 78.9 Å². The lowest BCUT2D eigenvalue weighted by molar-refractivity contribution is 0.462. The molecule has 1 N–H and O–H groups in total. The summed E-state index contributed by atoms with van der Waals surface area (Å²) in [6.45, 7) is 0. The number of ether oxygens (including phenoxy) is 1. The number of H-pyrrole nitrogens is 1. The molecule has 6 aromatic rings. The number of nitrogens with one attached hydrogen (secondary N) is 1. The van der Waals surface area contributed by atoms with Crippen LogP contribution in [0.25, 0.3) is 33.2 Å². The molecule has 0 amide bonds. The van der Waals surface area contributed by atoms with Crippen molar-refractivity contribution in [3.05, 3.63) is 109 Å². The van der Waals surface area contributed by atoms with Crippen LogP contribution in [0.5, 0.6) is 11.6 Å². The van der Waals surface area contributed by atoms with Gasteiger partial charge in [-0.3, -0.25) is 4.98 Å². The number of aromatic amines is 1. The van der Waals surface area contributed by atoms with Crippen molar-refractivity contribution in [3.63, 3.8) is 0 Å². The molecule has 158 valence electrons. The van der Waals surface area contributed by atoms with E-state index in [0.717, 1.165) is 38.9 Å². The molecular formula is C27H19N5O. The third kappa shape index (κ3) is 3.78. The number of aromatic nitrogens is 5. The summed E-state index contributed by atoms with van der Waals surface area (Å²) in [5.74, 6) is 2.09. The zero-order valence-electron chi connectivity index (χ0n) is 17.6. The predicted octanol–water partition coefficient (Wildman–Crippen LogP) is 5.95. The Morgan fingerprint density at radius 1 is 0.697 bits per heavy atom. The lowest BCUT2D eigenvalue weighted by Crippen LogP contribution is -1.96. The van der Waals surface area contributed by atoms with Crippen molar-refractivity contribution in [1.29, 1.82) is 0 Å². The highest BCUT2D eigenvalue weighted by molar-refractivity contribution is 5.94. The number of hydrogen-bond acceptors (Lipinski definition) is 5. The average Bonchev–Trinajstić information content (AvgIpc) is 3.28. The third-order valence-electron chi connectivity index (χ3n) is 5.52. The second kappa shape index (κ2) is 8.16. The molecule has 3 heterocycles. The van der Waals surface area contributed by atoms with E-state index in [4.69, 9.17) is 4.74 Å². The summed E-state index contributed by atoms with van der Waals surface area (Å²) in [6, 6.07) is 25.9. The van der Waals surface area contributed by atoms with Gasteiger partial charge in [-0.25, -0.2) is 15.0 Å². The first kappa shape index (κ1) is 19.1. The van der Waals surface area contributed by atoms with Crippen molar-refractivity contribution < 1.29 is 4.74 Å². The Hall–Kier alpha value is -4.58. The Morgan fingerprint density at radius 3 is 2.36 bits per heavy atom. The van der Waals surface area contributed by atoms with Crippen molar-refractivity contribution in [2.45, 2.75) is 6.42 Å². The number of pyridine rings is 1. The smallest absolute Gasteiger partial charge is 0.246 e. The predicted molar refractivity (Wildman–Crippen MR) is 128 cm³/mol. The molecule has 6 rings (SSSR count). The number of benzene rings is 3. The van der Waals surface area contributed by atoms with E-state index in [0.29, 0.717) is 23.7 Å². The molecule has 0 saturated carbocycles. The fourth-order valence-electron chi connectivity index (χ4n) is 3.96. The molecule has 33 heavy (non-hydrogen) atoms. The molecule has 0 radical (unpaired) electrons. The molecule has 0 fully saturated rings. The molecule has 3 aromatic heterocycles. The Bertz CT molecular complexity index is 1540. The van der Waals surface area contributed by atoms with Crippen LogP contribution in [0.1, 0.15) is 11.4 Å². The molecule has 0 aliphatic heterocycles. The minimum Gasteiger partial charge on any atom is -0.437 e. The van der Waals surface area contributed by atoms with E-state index in [1.165, 1.54) is 0 Å². The van der Waals surface area contributed by atoms with Crippen LogP contribution in [0.4, 0.5) is 0 Å². The number of rotatable bonds is 5. The van der Waals surface area contributed by atoms with Crippen LogP contribution in [-0.4, -0.2) is 24.9 Å². The molecule has 0 atom stereocenters. The van der Waals surface area contributed by atoms with Crippen molar-refractivity contribution in [2.75, 3.05) is 0 Å². The first-order valence-corrected chi connectivity index (χ1v) is 10.7. The van der Waals surface area contributed by atoms with Gasteiger partial charge in [-0.2, -0.15) is 0 Å². The standard InChI is InChI=1S/C27H19N5O/c1-2-6-22-20(5-1)21(13-14-28-22)26-27(30-16-15-29-26)33-19-11-9-18(10-12-19)17-25-31-23-7-3-4-8-24(23)32-25/h1-16H,17H2,(H,31,32). The van der Waals surface area contributed by atoms with E-state index < -0.39 is 0 Å². The van der Waals surface area contributed by atoms with E-state index >= 15 is 0 Å². The first-order valence-electron chi connectivity index (χ1n) is 10.7. The highest BCUT2D eigenvalue weighted by Crippen LogP contribution is 2.33. The monoisotopic (exact) mass is 429 g/mol. The van der Waals surface area contributed by atoms with Gasteiger partial charge in [0.25, 0.3) is 0 Å². The Kier molecular flexibility index (Phi) is 4.73. The van der Waals surface area contributed by atoms with Crippen molar-refractivity contribution in [1.82, 2.24) is 24.9 Å². The van der Waals surface area contributed by atoms with Crippen LogP contribution >= 0.6 is 0 Å². The van der Waals surface area contributed by atoms with Crippen molar-refractivity contribution >= 4 is 21.9 Å². The highest BCUT2D eigenvalue weighted by atomic mass is 16.5. The molecule has 0 unspecified atom stereocenters. The molecule has 0 spiro atoms. The van der Waals surface area contributed by atoms with E-state index in [-0.39, 0.29) is 0 Å². The van der Waals surface area contributed by atoms with Crippen LogP contribution in [0.15, 0.2) is 97.5 Å². The highest BCUT2D eigenvalue weighted by Gasteiger charge is 2.14. The van der Waals surface area contributed by atoms with Gasteiger partial charge < -0.3 is 9.72 Å². The van der Waals surface area contributed by atoms with Gasteiger partial charge in [-0.15, -0.1) is 0 Å². The van der Waals surface area contributed by atoms with Gasteiger partial charge >= 0.3 is 0 Å².